The molecule has 0 aromatic heterocycles. The maximum atomic E-state index is 12.9. The molecular formula is C21H26FN3O2S. The molecule has 2 rings (SSSR count). The molecule has 0 saturated heterocycles. The van der Waals surface area contributed by atoms with Gasteiger partial charge in [0.1, 0.15) is 5.82 Å². The second-order valence-electron chi connectivity index (χ2n) is 6.66. The van der Waals surface area contributed by atoms with Crippen LogP contribution in [0.1, 0.15) is 5.56 Å². The molecule has 0 spiro atoms. The third kappa shape index (κ3) is 8.10. The van der Waals surface area contributed by atoms with E-state index in [2.05, 4.69) is 27.7 Å². The van der Waals surface area contributed by atoms with E-state index in [1.54, 1.807) is 0 Å². The van der Waals surface area contributed by atoms with Gasteiger partial charge in [-0.2, -0.15) is 0 Å². The van der Waals surface area contributed by atoms with Crippen LogP contribution in [0.2, 0.25) is 0 Å². The number of likely N-dealkylation sites (N-methyl/N-ethyl adjacent to an activating group) is 1. The topological polar surface area (TPSA) is 61.4 Å². The van der Waals surface area contributed by atoms with Crippen molar-refractivity contribution in [2.24, 2.45) is 0 Å². The quantitative estimate of drug-likeness (QED) is 0.640. The van der Waals surface area contributed by atoms with Gasteiger partial charge in [0.25, 0.3) is 0 Å². The molecule has 0 aliphatic carbocycles. The number of anilines is 1. The Bertz CT molecular complexity index is 754. The molecule has 150 valence electrons. The number of hydrogen-bond acceptors (Lipinski definition) is 4. The summed E-state index contributed by atoms with van der Waals surface area (Å²) in [6, 6.07) is 15.9. The van der Waals surface area contributed by atoms with Gasteiger partial charge in [0.05, 0.1) is 11.5 Å². The summed E-state index contributed by atoms with van der Waals surface area (Å²) < 4.78 is 12.9. The van der Waals surface area contributed by atoms with Crippen molar-refractivity contribution in [2.75, 3.05) is 37.5 Å². The summed E-state index contributed by atoms with van der Waals surface area (Å²) in [5, 5.41) is 5.61. The maximum absolute atomic E-state index is 12.9. The van der Waals surface area contributed by atoms with Crippen LogP contribution in [0.15, 0.2) is 54.6 Å². The number of nitrogens with zero attached hydrogens (tertiary/aromatic N) is 1. The molecule has 0 aliphatic heterocycles. The van der Waals surface area contributed by atoms with Gasteiger partial charge in [-0.05, 0) is 50.3 Å². The second kappa shape index (κ2) is 11.5. The van der Waals surface area contributed by atoms with Crippen LogP contribution in [0.4, 0.5) is 10.1 Å². The summed E-state index contributed by atoms with van der Waals surface area (Å²) in [6.45, 7) is 0.545. The Balaban J connectivity index is 1.68. The highest BCUT2D eigenvalue weighted by molar-refractivity contribution is 8.00. The first-order valence-corrected chi connectivity index (χ1v) is 10.2. The van der Waals surface area contributed by atoms with E-state index in [0.29, 0.717) is 12.2 Å². The number of benzene rings is 2. The minimum atomic E-state index is -0.354. The average molecular weight is 404 g/mol. The molecule has 0 bridgehead atoms. The first kappa shape index (κ1) is 21.9. The molecule has 7 heteroatoms. The van der Waals surface area contributed by atoms with Crippen molar-refractivity contribution >= 4 is 29.3 Å². The molecule has 28 heavy (non-hydrogen) atoms. The highest BCUT2D eigenvalue weighted by atomic mass is 32.2. The van der Waals surface area contributed by atoms with Crippen LogP contribution < -0.4 is 10.6 Å². The number of thioether (sulfide) groups is 1. The standard InChI is InChI=1S/C21H26FN3O2S/c1-25(2)19(12-16-6-4-3-5-7-16)13-23-20(26)14-28-15-21(27)24-18-10-8-17(22)9-11-18/h3-11,19H,12-15H2,1-2H3,(H,23,26)(H,24,27). The average Bonchev–Trinajstić information content (AvgIpc) is 2.67. The van der Waals surface area contributed by atoms with E-state index in [-0.39, 0.29) is 35.2 Å². The normalized spacial score (nSPS) is 11.9. The minimum absolute atomic E-state index is 0.0977. The van der Waals surface area contributed by atoms with Crippen molar-refractivity contribution in [3.05, 3.63) is 66.0 Å². The Labute approximate surface area is 169 Å². The van der Waals surface area contributed by atoms with Gasteiger partial charge in [-0.1, -0.05) is 30.3 Å². The predicted molar refractivity (Wildman–Crippen MR) is 113 cm³/mol. The van der Waals surface area contributed by atoms with Gasteiger partial charge in [-0.3, -0.25) is 9.59 Å². The number of halogens is 1. The highest BCUT2D eigenvalue weighted by Gasteiger charge is 2.14. The SMILES string of the molecule is CN(C)C(CNC(=O)CSCC(=O)Nc1ccc(F)cc1)Cc1ccccc1. The Kier molecular flexibility index (Phi) is 8.97. The van der Waals surface area contributed by atoms with Crippen LogP contribution in [-0.4, -0.2) is 54.9 Å². The number of carbonyl (C=O) groups excluding carboxylic acids is 2. The Morgan fingerprint density at radius 1 is 1.00 bits per heavy atom. The summed E-state index contributed by atoms with van der Waals surface area (Å²) in [5.74, 6) is -0.305. The first-order valence-electron chi connectivity index (χ1n) is 9.04. The number of rotatable bonds is 10. The van der Waals surface area contributed by atoms with E-state index in [1.807, 2.05) is 32.3 Å². The highest BCUT2D eigenvalue weighted by Crippen LogP contribution is 2.10. The smallest absolute Gasteiger partial charge is 0.234 e. The van der Waals surface area contributed by atoms with Crippen LogP contribution in [0.3, 0.4) is 0 Å². The molecule has 0 saturated carbocycles. The van der Waals surface area contributed by atoms with Gasteiger partial charge in [0.2, 0.25) is 11.8 Å². The number of carbonyl (C=O) groups is 2. The molecule has 0 fully saturated rings. The molecule has 2 aromatic rings. The monoisotopic (exact) mass is 403 g/mol. The fourth-order valence-electron chi connectivity index (χ4n) is 2.57. The molecule has 2 N–H and O–H groups in total. The molecular weight excluding hydrogens is 377 g/mol. The van der Waals surface area contributed by atoms with Crippen molar-refractivity contribution < 1.29 is 14.0 Å². The summed E-state index contributed by atoms with van der Waals surface area (Å²) in [5.41, 5.74) is 1.76. The Morgan fingerprint density at radius 2 is 1.64 bits per heavy atom. The van der Waals surface area contributed by atoms with Crippen molar-refractivity contribution in [3.63, 3.8) is 0 Å². The van der Waals surface area contributed by atoms with Crippen molar-refractivity contribution in [1.82, 2.24) is 10.2 Å². The predicted octanol–water partition coefficient (Wildman–Crippen LogP) is 2.79. The lowest BCUT2D eigenvalue weighted by Crippen LogP contribution is -2.42. The molecule has 0 heterocycles. The number of nitrogens with one attached hydrogen (secondary N) is 2. The zero-order valence-electron chi connectivity index (χ0n) is 16.2. The lowest BCUT2D eigenvalue weighted by molar-refractivity contribution is -0.118. The van der Waals surface area contributed by atoms with Crippen LogP contribution in [-0.2, 0) is 16.0 Å². The molecule has 5 nitrogen and oxygen atoms in total. The summed E-state index contributed by atoms with van der Waals surface area (Å²) in [6.07, 6.45) is 0.849. The largest absolute Gasteiger partial charge is 0.354 e. The lowest BCUT2D eigenvalue weighted by atomic mass is 10.1. The van der Waals surface area contributed by atoms with E-state index in [9.17, 15) is 14.0 Å². The molecule has 0 aliphatic rings. The van der Waals surface area contributed by atoms with Crippen molar-refractivity contribution in [1.29, 1.82) is 0 Å². The van der Waals surface area contributed by atoms with E-state index in [1.165, 1.54) is 41.6 Å². The van der Waals surface area contributed by atoms with Gasteiger partial charge in [-0.25, -0.2) is 4.39 Å². The van der Waals surface area contributed by atoms with Gasteiger partial charge in [0, 0.05) is 18.3 Å². The lowest BCUT2D eigenvalue weighted by Gasteiger charge is -2.24. The minimum Gasteiger partial charge on any atom is -0.354 e. The third-order valence-electron chi connectivity index (χ3n) is 4.17. The first-order chi connectivity index (χ1) is 13.4. The van der Waals surface area contributed by atoms with Gasteiger partial charge >= 0.3 is 0 Å². The summed E-state index contributed by atoms with van der Waals surface area (Å²) in [4.78, 5) is 26.0. The van der Waals surface area contributed by atoms with Crippen LogP contribution in [0, 0.1) is 5.82 Å². The molecule has 0 radical (unpaired) electrons. The van der Waals surface area contributed by atoms with Gasteiger partial charge in [0.15, 0.2) is 0 Å². The molecule has 1 unspecified atom stereocenters. The molecule has 2 aromatic carbocycles. The Morgan fingerprint density at radius 3 is 2.29 bits per heavy atom. The number of amides is 2. The molecule has 2 amide bonds. The fourth-order valence-corrected chi connectivity index (χ4v) is 3.22. The van der Waals surface area contributed by atoms with E-state index in [0.717, 1.165) is 6.42 Å². The number of hydrogen-bond donors (Lipinski definition) is 2. The summed E-state index contributed by atoms with van der Waals surface area (Å²) >= 11 is 1.24. The van der Waals surface area contributed by atoms with E-state index < -0.39 is 0 Å². The second-order valence-corrected chi connectivity index (χ2v) is 7.64. The molecule has 1 atom stereocenters. The van der Waals surface area contributed by atoms with Crippen molar-refractivity contribution in [3.8, 4) is 0 Å². The van der Waals surface area contributed by atoms with Crippen molar-refractivity contribution in [2.45, 2.75) is 12.5 Å². The zero-order valence-corrected chi connectivity index (χ0v) is 17.0. The van der Waals surface area contributed by atoms with E-state index >= 15 is 0 Å². The summed E-state index contributed by atoms with van der Waals surface area (Å²) in [7, 11) is 3.99. The van der Waals surface area contributed by atoms with Crippen LogP contribution in [0.5, 0.6) is 0 Å². The Hall–Kier alpha value is -2.38. The zero-order chi connectivity index (χ0) is 20.4. The van der Waals surface area contributed by atoms with Gasteiger partial charge < -0.3 is 15.5 Å². The maximum Gasteiger partial charge on any atom is 0.234 e. The fraction of sp³-hybridized carbons (Fsp3) is 0.333. The third-order valence-corrected chi connectivity index (χ3v) is 5.11. The van der Waals surface area contributed by atoms with Crippen LogP contribution in [0.25, 0.3) is 0 Å². The van der Waals surface area contributed by atoms with Gasteiger partial charge in [-0.15, -0.1) is 11.8 Å². The van der Waals surface area contributed by atoms with E-state index in [4.69, 9.17) is 0 Å². The van der Waals surface area contributed by atoms with Crippen LogP contribution >= 0.6 is 11.8 Å².